The summed E-state index contributed by atoms with van der Waals surface area (Å²) in [6.07, 6.45) is 7.54. The molecule has 1 N–H and O–H groups in total. The van der Waals surface area contributed by atoms with Gasteiger partial charge in [0.2, 0.25) is 5.91 Å². The van der Waals surface area contributed by atoms with E-state index in [0.29, 0.717) is 48.5 Å². The van der Waals surface area contributed by atoms with Crippen LogP contribution in [-0.2, 0) is 27.3 Å². The number of imide groups is 1. The zero-order valence-electron chi connectivity index (χ0n) is 19.5. The van der Waals surface area contributed by atoms with E-state index in [1.54, 1.807) is 6.20 Å². The molecule has 0 saturated carbocycles. The number of carbonyl (C=O) groups is 3. The molecule has 8 heteroatoms. The molecule has 0 fully saturated rings. The summed E-state index contributed by atoms with van der Waals surface area (Å²) in [4.78, 5) is 45.1. The molecule has 176 valence electrons. The number of fused-ring (bicyclic) bond motifs is 1. The van der Waals surface area contributed by atoms with E-state index in [-0.39, 0.29) is 5.91 Å². The minimum absolute atomic E-state index is 0.175. The molecule has 0 atom stereocenters. The lowest BCUT2D eigenvalue weighted by molar-refractivity contribution is -0.131. The number of pyridine rings is 1. The van der Waals surface area contributed by atoms with Crippen molar-refractivity contribution in [3.8, 4) is 0 Å². The zero-order chi connectivity index (χ0) is 24.1. The Labute approximate surface area is 201 Å². The van der Waals surface area contributed by atoms with E-state index in [0.717, 1.165) is 34.9 Å². The lowest BCUT2D eigenvalue weighted by Crippen LogP contribution is -2.36. The van der Waals surface area contributed by atoms with Gasteiger partial charge in [0.25, 0.3) is 11.8 Å². The summed E-state index contributed by atoms with van der Waals surface area (Å²) < 4.78 is 3.95. The fourth-order valence-corrected chi connectivity index (χ4v) is 5.31. The number of hydrogen-bond donors (Lipinski definition) is 1. The Morgan fingerprint density at radius 2 is 1.89 bits per heavy atom. The van der Waals surface area contributed by atoms with Crippen molar-refractivity contribution in [3.63, 3.8) is 0 Å². The van der Waals surface area contributed by atoms with Crippen molar-refractivity contribution in [1.82, 2.24) is 24.2 Å². The standard InChI is InChI=1S/C27H25N5O3/c1-2-6-22(33)30-12-10-17-7-5-8-18-19(16-31(14-13-30)25(17)18)23-24(27(35)29-26(23)34)20-15-28-21-9-3-4-11-32(20)21/h3-5,7-9,11,15-16H,2,6,10,12-14H2,1H3,(H,29,34,35). The van der Waals surface area contributed by atoms with Gasteiger partial charge in [0, 0.05) is 49.4 Å². The summed E-state index contributed by atoms with van der Waals surface area (Å²) in [5.41, 5.74) is 4.88. The van der Waals surface area contributed by atoms with Gasteiger partial charge in [-0.05, 0) is 30.5 Å². The quantitative estimate of drug-likeness (QED) is 0.468. The molecule has 0 radical (unpaired) electrons. The van der Waals surface area contributed by atoms with E-state index in [9.17, 15) is 14.4 Å². The molecule has 0 unspecified atom stereocenters. The summed E-state index contributed by atoms with van der Waals surface area (Å²) in [5, 5.41) is 3.43. The molecular weight excluding hydrogens is 442 g/mol. The largest absolute Gasteiger partial charge is 0.345 e. The second kappa shape index (κ2) is 8.23. The Hall–Kier alpha value is -4.20. The fraction of sp³-hybridized carbons (Fsp3) is 0.259. The minimum atomic E-state index is -0.423. The topological polar surface area (TPSA) is 88.7 Å². The smallest absolute Gasteiger partial charge is 0.261 e. The number of benzene rings is 1. The van der Waals surface area contributed by atoms with Crippen LogP contribution in [0.1, 0.15) is 36.6 Å². The summed E-state index contributed by atoms with van der Waals surface area (Å²) in [6, 6.07) is 11.7. The molecule has 0 spiro atoms. The van der Waals surface area contributed by atoms with E-state index >= 15 is 0 Å². The molecule has 2 aliphatic rings. The number of nitrogens with zero attached hydrogens (tertiary/aromatic N) is 4. The Morgan fingerprint density at radius 1 is 1.03 bits per heavy atom. The molecule has 35 heavy (non-hydrogen) atoms. The maximum Gasteiger partial charge on any atom is 0.261 e. The first kappa shape index (κ1) is 21.3. The highest BCUT2D eigenvalue weighted by molar-refractivity contribution is 6.49. The fourth-order valence-electron chi connectivity index (χ4n) is 5.31. The van der Waals surface area contributed by atoms with Crippen LogP contribution in [0.2, 0.25) is 0 Å². The van der Waals surface area contributed by atoms with Gasteiger partial charge in [-0.3, -0.25) is 24.1 Å². The predicted octanol–water partition coefficient (Wildman–Crippen LogP) is 3.04. The Kier molecular flexibility index (Phi) is 5.02. The van der Waals surface area contributed by atoms with Crippen molar-refractivity contribution in [2.75, 3.05) is 13.1 Å². The van der Waals surface area contributed by atoms with Crippen molar-refractivity contribution >= 4 is 45.4 Å². The van der Waals surface area contributed by atoms with Gasteiger partial charge in [0.05, 0.1) is 28.6 Å². The Balaban J connectivity index is 1.53. The highest BCUT2D eigenvalue weighted by atomic mass is 16.2. The van der Waals surface area contributed by atoms with E-state index in [1.165, 1.54) is 0 Å². The van der Waals surface area contributed by atoms with Crippen LogP contribution in [-0.4, -0.2) is 49.7 Å². The molecule has 1 aromatic carbocycles. The molecule has 3 amide bonds. The van der Waals surface area contributed by atoms with E-state index < -0.39 is 11.8 Å². The van der Waals surface area contributed by atoms with Crippen LogP contribution in [0, 0.1) is 0 Å². The first-order valence-electron chi connectivity index (χ1n) is 12.0. The van der Waals surface area contributed by atoms with Crippen molar-refractivity contribution in [2.45, 2.75) is 32.7 Å². The van der Waals surface area contributed by atoms with Crippen LogP contribution in [0.5, 0.6) is 0 Å². The van der Waals surface area contributed by atoms with Gasteiger partial charge in [-0.1, -0.05) is 31.2 Å². The number of nitrogens with one attached hydrogen (secondary N) is 1. The zero-order valence-corrected chi connectivity index (χ0v) is 19.5. The number of amides is 3. The molecule has 0 bridgehead atoms. The molecule has 0 saturated heterocycles. The van der Waals surface area contributed by atoms with Crippen molar-refractivity contribution in [3.05, 3.63) is 71.8 Å². The van der Waals surface area contributed by atoms with Crippen molar-refractivity contribution in [1.29, 1.82) is 0 Å². The summed E-state index contributed by atoms with van der Waals surface area (Å²) in [5.74, 6) is -0.655. The third kappa shape index (κ3) is 3.36. The summed E-state index contributed by atoms with van der Waals surface area (Å²) in [7, 11) is 0. The maximum absolute atomic E-state index is 13.1. The van der Waals surface area contributed by atoms with Crippen LogP contribution >= 0.6 is 0 Å². The van der Waals surface area contributed by atoms with Gasteiger partial charge in [-0.2, -0.15) is 0 Å². The monoisotopic (exact) mass is 467 g/mol. The molecule has 6 rings (SSSR count). The first-order chi connectivity index (χ1) is 17.1. The highest BCUT2D eigenvalue weighted by Gasteiger charge is 2.35. The van der Waals surface area contributed by atoms with Crippen LogP contribution < -0.4 is 5.32 Å². The number of para-hydroxylation sites is 1. The average Bonchev–Trinajstić information content (AvgIpc) is 3.50. The molecule has 0 aliphatic carbocycles. The normalized spacial score (nSPS) is 16.2. The summed E-state index contributed by atoms with van der Waals surface area (Å²) >= 11 is 0. The highest BCUT2D eigenvalue weighted by Crippen LogP contribution is 2.37. The van der Waals surface area contributed by atoms with Gasteiger partial charge >= 0.3 is 0 Å². The number of imidazole rings is 1. The average molecular weight is 468 g/mol. The molecule has 2 aliphatic heterocycles. The number of aromatic nitrogens is 3. The Bertz CT molecular complexity index is 1560. The Morgan fingerprint density at radius 3 is 2.74 bits per heavy atom. The van der Waals surface area contributed by atoms with Crippen LogP contribution in [0.4, 0.5) is 0 Å². The van der Waals surface area contributed by atoms with E-state index in [2.05, 4.69) is 20.9 Å². The summed E-state index contributed by atoms with van der Waals surface area (Å²) in [6.45, 7) is 3.92. The van der Waals surface area contributed by atoms with Crippen LogP contribution in [0.25, 0.3) is 27.7 Å². The van der Waals surface area contributed by atoms with Gasteiger partial charge in [0.1, 0.15) is 5.65 Å². The van der Waals surface area contributed by atoms with Gasteiger partial charge in [0.15, 0.2) is 0 Å². The lowest BCUT2D eigenvalue weighted by Gasteiger charge is -2.26. The molecule has 4 aromatic rings. The maximum atomic E-state index is 13.1. The lowest BCUT2D eigenvalue weighted by atomic mass is 9.97. The molecule has 8 nitrogen and oxygen atoms in total. The number of hydrogen-bond acceptors (Lipinski definition) is 4. The minimum Gasteiger partial charge on any atom is -0.345 e. The number of carbonyl (C=O) groups excluding carboxylic acids is 3. The van der Waals surface area contributed by atoms with Crippen molar-refractivity contribution in [2.24, 2.45) is 0 Å². The van der Waals surface area contributed by atoms with E-state index in [1.807, 2.05) is 58.9 Å². The van der Waals surface area contributed by atoms with Gasteiger partial charge < -0.3 is 9.47 Å². The number of rotatable bonds is 4. The van der Waals surface area contributed by atoms with Crippen molar-refractivity contribution < 1.29 is 14.4 Å². The predicted molar refractivity (Wildman–Crippen MR) is 132 cm³/mol. The second-order valence-electron chi connectivity index (χ2n) is 9.04. The molecule has 3 aromatic heterocycles. The third-order valence-electron chi connectivity index (χ3n) is 6.93. The second-order valence-corrected chi connectivity index (χ2v) is 9.04. The molecular formula is C27H25N5O3. The third-order valence-corrected chi connectivity index (χ3v) is 6.93. The van der Waals surface area contributed by atoms with E-state index in [4.69, 9.17) is 0 Å². The van der Waals surface area contributed by atoms with Crippen LogP contribution in [0.15, 0.2) is 55.0 Å². The first-order valence-corrected chi connectivity index (χ1v) is 12.0. The molecule has 5 heterocycles. The van der Waals surface area contributed by atoms with Crippen LogP contribution in [0.3, 0.4) is 0 Å². The van der Waals surface area contributed by atoms with Gasteiger partial charge in [-0.15, -0.1) is 0 Å². The van der Waals surface area contributed by atoms with Gasteiger partial charge in [-0.25, -0.2) is 4.98 Å². The SMILES string of the molecule is CCCC(=O)N1CCc2cccc3c(C4=C(c5cnc6ccccn56)C(=O)NC4=O)cn(c23)CC1.